The third-order valence-electron chi connectivity index (χ3n) is 1.42. The van der Waals surface area contributed by atoms with Crippen molar-refractivity contribution in [1.29, 1.82) is 0 Å². The Morgan fingerprint density at radius 1 is 1.33 bits per heavy atom. The molecule has 1 heteroatoms. The van der Waals surface area contributed by atoms with Gasteiger partial charge in [-0.3, -0.25) is 0 Å². The zero-order chi connectivity index (χ0) is 6.69. The maximum atomic E-state index is 10.4. The highest BCUT2D eigenvalue weighted by Gasteiger charge is 1.86. The Morgan fingerprint density at radius 3 is 2.44 bits per heavy atom. The highest BCUT2D eigenvalue weighted by Crippen LogP contribution is 2.03. The van der Waals surface area contributed by atoms with Gasteiger partial charge in [0, 0.05) is 0 Å². The van der Waals surface area contributed by atoms with E-state index in [1.54, 1.807) is 0 Å². The van der Waals surface area contributed by atoms with Crippen LogP contribution in [0.25, 0.3) is 0 Å². The van der Waals surface area contributed by atoms with Gasteiger partial charge in [-0.2, -0.15) is 0 Å². The molecule has 1 aromatic rings. The van der Waals surface area contributed by atoms with E-state index < -0.39 is 0 Å². The smallest absolute Gasteiger partial charge is 0.0396 e. The first-order valence-electron chi connectivity index (χ1n) is 2.97. The van der Waals surface area contributed by atoms with Crippen molar-refractivity contribution in [2.24, 2.45) is 0 Å². The Morgan fingerprint density at radius 2 is 2.00 bits per heavy atom. The normalized spacial score (nSPS) is 9.56. The standard InChI is InChI=1S/C8H9O/c1-7-4-2-3-5-8(7)6-9/h2-5H,6H2,1H3/q-1. The highest BCUT2D eigenvalue weighted by atomic mass is 16.3. The molecule has 0 aliphatic rings. The Kier molecular flexibility index (Phi) is 1.85. The summed E-state index contributed by atoms with van der Waals surface area (Å²) in [5.74, 6) is 0. The fourth-order valence-electron chi connectivity index (χ4n) is 0.772. The first kappa shape index (κ1) is 6.30. The van der Waals surface area contributed by atoms with Crippen LogP contribution in [0, 0.1) is 6.92 Å². The Balaban J connectivity index is 3.01. The summed E-state index contributed by atoms with van der Waals surface area (Å²) in [5, 5.41) is 10.4. The first-order chi connectivity index (χ1) is 4.34. The molecule has 0 bridgehead atoms. The second-order valence-electron chi connectivity index (χ2n) is 2.07. The monoisotopic (exact) mass is 121 g/mol. The van der Waals surface area contributed by atoms with Crippen molar-refractivity contribution in [3.63, 3.8) is 0 Å². The molecule has 0 amide bonds. The minimum atomic E-state index is -0.104. The molecule has 0 saturated heterocycles. The van der Waals surface area contributed by atoms with Gasteiger partial charge in [0.05, 0.1) is 0 Å². The molecule has 0 aliphatic carbocycles. The quantitative estimate of drug-likeness (QED) is 0.540. The summed E-state index contributed by atoms with van der Waals surface area (Å²) in [6, 6.07) is 7.64. The van der Waals surface area contributed by atoms with E-state index in [-0.39, 0.29) is 6.61 Å². The van der Waals surface area contributed by atoms with Gasteiger partial charge < -0.3 is 5.11 Å². The van der Waals surface area contributed by atoms with Crippen LogP contribution >= 0.6 is 0 Å². The van der Waals surface area contributed by atoms with E-state index in [9.17, 15) is 5.11 Å². The van der Waals surface area contributed by atoms with Crippen molar-refractivity contribution in [3.8, 4) is 0 Å². The van der Waals surface area contributed by atoms with Gasteiger partial charge in [-0.15, -0.1) is 6.61 Å². The lowest BCUT2D eigenvalue weighted by Crippen LogP contribution is -2.03. The van der Waals surface area contributed by atoms with E-state index >= 15 is 0 Å². The van der Waals surface area contributed by atoms with Crippen LogP contribution in [-0.2, 0) is 6.61 Å². The molecule has 0 N–H and O–H groups in total. The molecule has 0 saturated carbocycles. The zero-order valence-electron chi connectivity index (χ0n) is 5.42. The number of aryl methyl sites for hydroxylation is 1. The van der Waals surface area contributed by atoms with Gasteiger partial charge in [-0.05, 0) is 12.5 Å². The van der Waals surface area contributed by atoms with Crippen molar-refractivity contribution in [1.82, 2.24) is 0 Å². The molecule has 1 rings (SSSR count). The highest BCUT2D eigenvalue weighted by molar-refractivity contribution is 5.24. The van der Waals surface area contributed by atoms with E-state index in [0.29, 0.717) is 0 Å². The van der Waals surface area contributed by atoms with E-state index in [4.69, 9.17) is 0 Å². The van der Waals surface area contributed by atoms with Crippen LogP contribution in [0.2, 0.25) is 0 Å². The van der Waals surface area contributed by atoms with Crippen molar-refractivity contribution in [2.75, 3.05) is 0 Å². The lowest BCUT2D eigenvalue weighted by molar-refractivity contribution is -0.386. The van der Waals surface area contributed by atoms with Gasteiger partial charge in [-0.1, -0.05) is 29.8 Å². The fraction of sp³-hybridized carbons (Fsp3) is 0.250. The second kappa shape index (κ2) is 2.65. The third-order valence-corrected chi connectivity index (χ3v) is 1.42. The molecule has 0 spiro atoms. The summed E-state index contributed by atoms with van der Waals surface area (Å²) in [6.45, 7) is 1.85. The molecule has 1 aromatic carbocycles. The van der Waals surface area contributed by atoms with Crippen LogP contribution in [0.3, 0.4) is 0 Å². The third kappa shape index (κ3) is 1.30. The predicted molar refractivity (Wildman–Crippen MR) is 34.9 cm³/mol. The van der Waals surface area contributed by atoms with Gasteiger partial charge in [-0.25, -0.2) is 0 Å². The van der Waals surface area contributed by atoms with E-state index in [0.717, 1.165) is 11.1 Å². The number of benzene rings is 1. The van der Waals surface area contributed by atoms with E-state index in [1.165, 1.54) is 0 Å². The van der Waals surface area contributed by atoms with Crippen LogP contribution < -0.4 is 5.11 Å². The molecule has 9 heavy (non-hydrogen) atoms. The van der Waals surface area contributed by atoms with Gasteiger partial charge in [0.15, 0.2) is 0 Å². The summed E-state index contributed by atoms with van der Waals surface area (Å²) in [5.41, 5.74) is 1.99. The van der Waals surface area contributed by atoms with Gasteiger partial charge >= 0.3 is 0 Å². The first-order valence-corrected chi connectivity index (χ1v) is 2.97. The topological polar surface area (TPSA) is 23.1 Å². The number of rotatable bonds is 1. The summed E-state index contributed by atoms with van der Waals surface area (Å²) in [7, 11) is 0. The largest absolute Gasteiger partial charge is 0.851 e. The average Bonchev–Trinajstić information content (AvgIpc) is 1.89. The summed E-state index contributed by atoms with van der Waals surface area (Å²) in [4.78, 5) is 0. The SMILES string of the molecule is Cc1ccccc1C[O-]. The molecule has 0 aliphatic heterocycles. The summed E-state index contributed by atoms with van der Waals surface area (Å²) >= 11 is 0. The lowest BCUT2D eigenvalue weighted by Gasteiger charge is -2.06. The van der Waals surface area contributed by atoms with Crippen molar-refractivity contribution >= 4 is 0 Å². The Bertz CT molecular complexity index is 194. The number of hydrogen-bond donors (Lipinski definition) is 0. The van der Waals surface area contributed by atoms with Crippen LogP contribution in [0.4, 0.5) is 0 Å². The van der Waals surface area contributed by atoms with Crippen molar-refractivity contribution < 1.29 is 5.11 Å². The molecule has 0 radical (unpaired) electrons. The van der Waals surface area contributed by atoms with Crippen molar-refractivity contribution in [3.05, 3.63) is 35.4 Å². The molecular weight excluding hydrogens is 112 g/mol. The molecule has 0 fully saturated rings. The van der Waals surface area contributed by atoms with Crippen molar-refractivity contribution in [2.45, 2.75) is 13.5 Å². The fourth-order valence-corrected chi connectivity index (χ4v) is 0.772. The number of hydrogen-bond acceptors (Lipinski definition) is 1. The predicted octanol–water partition coefficient (Wildman–Crippen LogP) is 0.855. The van der Waals surface area contributed by atoms with E-state index in [1.807, 2.05) is 31.2 Å². The molecule has 0 atom stereocenters. The average molecular weight is 121 g/mol. The minimum absolute atomic E-state index is 0.104. The maximum Gasteiger partial charge on any atom is -0.0396 e. The maximum absolute atomic E-state index is 10.4. The minimum Gasteiger partial charge on any atom is -0.851 e. The lowest BCUT2D eigenvalue weighted by atomic mass is 10.1. The zero-order valence-corrected chi connectivity index (χ0v) is 5.42. The molecule has 48 valence electrons. The van der Waals surface area contributed by atoms with Crippen LogP contribution in [0.5, 0.6) is 0 Å². The molecule has 0 aromatic heterocycles. The van der Waals surface area contributed by atoms with Crippen LogP contribution in [0.1, 0.15) is 11.1 Å². The van der Waals surface area contributed by atoms with Gasteiger partial charge in [0.25, 0.3) is 0 Å². The van der Waals surface area contributed by atoms with Crippen LogP contribution in [0.15, 0.2) is 24.3 Å². The molecule has 0 heterocycles. The summed E-state index contributed by atoms with van der Waals surface area (Å²) in [6.07, 6.45) is 0. The van der Waals surface area contributed by atoms with Gasteiger partial charge in [0.1, 0.15) is 0 Å². The summed E-state index contributed by atoms with van der Waals surface area (Å²) < 4.78 is 0. The Hall–Kier alpha value is -0.820. The second-order valence-corrected chi connectivity index (χ2v) is 2.07. The molecular formula is C8H9O-. The van der Waals surface area contributed by atoms with E-state index in [2.05, 4.69) is 0 Å². The molecule has 0 unspecified atom stereocenters. The molecule has 1 nitrogen and oxygen atoms in total. The van der Waals surface area contributed by atoms with Crippen LogP contribution in [-0.4, -0.2) is 0 Å². The Labute approximate surface area is 55.0 Å². The van der Waals surface area contributed by atoms with Gasteiger partial charge in [0.2, 0.25) is 0 Å².